The summed E-state index contributed by atoms with van der Waals surface area (Å²) in [5.41, 5.74) is 0.159. The third-order valence-electron chi connectivity index (χ3n) is 6.57. The van der Waals surface area contributed by atoms with Crippen molar-refractivity contribution >= 4 is 17.9 Å². The highest BCUT2D eigenvalue weighted by Gasteiger charge is 2.45. The molecule has 0 spiro atoms. The molecule has 1 aliphatic heterocycles. The highest BCUT2D eigenvalue weighted by atomic mass is 19.3. The van der Waals surface area contributed by atoms with Gasteiger partial charge in [0.15, 0.2) is 0 Å². The Morgan fingerprint density at radius 3 is 2.17 bits per heavy atom. The largest absolute Gasteiger partial charge is 0.444 e. The second kappa shape index (κ2) is 11.9. The number of aliphatic hydroxyl groups is 1. The monoisotopic (exact) mass is 563 g/mol. The van der Waals surface area contributed by atoms with Crippen LogP contribution in [-0.4, -0.2) is 74.5 Å². The summed E-state index contributed by atoms with van der Waals surface area (Å²) in [6, 6.07) is 4.19. The van der Waals surface area contributed by atoms with Crippen LogP contribution in [0.4, 0.5) is 13.6 Å². The van der Waals surface area contributed by atoms with Crippen LogP contribution >= 0.6 is 0 Å². The van der Waals surface area contributed by atoms with E-state index in [0.717, 1.165) is 16.2 Å². The summed E-state index contributed by atoms with van der Waals surface area (Å²) >= 11 is 0. The van der Waals surface area contributed by atoms with Crippen molar-refractivity contribution in [3.05, 3.63) is 42.1 Å². The number of likely N-dealkylation sites (tertiary alicyclic amines) is 1. The standard InChI is InChI=1S/C28H39F2N5O5/c1-27(2,3)22(33-26(39)40-28(4,5)6)25(38)35-15-18(36)14-20(35)24(37)32-21(23(29)30)17-10-8-16(9-11-17)19-12-13-31-34(19)7/h8-13,18,20-23,36H,14-15H2,1-7H3,(H,32,37)(H,33,39)/t18-,20+,21-,22-/m1/s1. The van der Waals surface area contributed by atoms with Crippen molar-refractivity contribution in [2.45, 2.75) is 84.2 Å². The molecule has 3 amide bonds. The number of ether oxygens (including phenoxy) is 1. The fraction of sp³-hybridized carbons (Fsp3) is 0.571. The molecule has 1 saturated heterocycles. The molecule has 1 aromatic heterocycles. The summed E-state index contributed by atoms with van der Waals surface area (Å²) in [4.78, 5) is 40.6. The molecule has 3 rings (SSSR count). The van der Waals surface area contributed by atoms with Gasteiger partial charge in [-0.05, 0) is 43.4 Å². The number of nitrogens with one attached hydrogen (secondary N) is 2. The van der Waals surface area contributed by atoms with Gasteiger partial charge in [0, 0.05) is 26.2 Å². The van der Waals surface area contributed by atoms with Gasteiger partial charge in [-0.1, -0.05) is 45.0 Å². The first kappa shape index (κ1) is 31.0. The Hall–Kier alpha value is -3.54. The number of hydrogen-bond acceptors (Lipinski definition) is 6. The number of alkyl halides is 2. The SMILES string of the molecule is Cn1nccc1-c1ccc([C@@H](NC(=O)[C@@H]2C[C@@H](O)CN2C(=O)[C@@H](NC(=O)OC(C)(C)C)C(C)(C)C)C(F)F)cc1. The molecule has 40 heavy (non-hydrogen) atoms. The van der Waals surface area contributed by atoms with Gasteiger partial charge in [0.05, 0.1) is 11.8 Å². The third kappa shape index (κ3) is 7.56. The Morgan fingerprint density at radius 1 is 1.05 bits per heavy atom. The zero-order valence-corrected chi connectivity index (χ0v) is 23.9. The van der Waals surface area contributed by atoms with Gasteiger partial charge in [-0.3, -0.25) is 14.3 Å². The molecule has 0 bridgehead atoms. The molecule has 12 heteroatoms. The zero-order chi connectivity index (χ0) is 30.0. The first-order valence-electron chi connectivity index (χ1n) is 13.1. The van der Waals surface area contributed by atoms with Gasteiger partial charge in [-0.25, -0.2) is 13.6 Å². The number of aryl methyl sites for hydroxylation is 1. The van der Waals surface area contributed by atoms with Crippen molar-refractivity contribution in [1.29, 1.82) is 0 Å². The lowest BCUT2D eigenvalue weighted by molar-refractivity contribution is -0.142. The number of carbonyl (C=O) groups is 3. The van der Waals surface area contributed by atoms with Crippen molar-refractivity contribution in [2.75, 3.05) is 6.54 Å². The van der Waals surface area contributed by atoms with Gasteiger partial charge in [-0.15, -0.1) is 0 Å². The molecule has 2 heterocycles. The molecule has 2 aromatic rings. The number of nitrogens with zero attached hydrogens (tertiary/aromatic N) is 3. The van der Waals surface area contributed by atoms with Crippen molar-refractivity contribution in [3.8, 4) is 11.3 Å². The number of benzene rings is 1. The summed E-state index contributed by atoms with van der Waals surface area (Å²) in [6.07, 6.45) is -3.28. The van der Waals surface area contributed by atoms with Crippen LogP contribution in [0.1, 0.15) is 59.6 Å². The number of amides is 3. The molecular formula is C28H39F2N5O5. The molecule has 1 fully saturated rings. The summed E-state index contributed by atoms with van der Waals surface area (Å²) in [7, 11) is 1.77. The summed E-state index contributed by atoms with van der Waals surface area (Å²) < 4.78 is 35.2. The first-order chi connectivity index (χ1) is 18.5. The third-order valence-corrected chi connectivity index (χ3v) is 6.57. The zero-order valence-electron chi connectivity index (χ0n) is 23.9. The van der Waals surface area contributed by atoms with Crippen molar-refractivity contribution in [2.24, 2.45) is 12.5 Å². The maximum atomic E-state index is 14.1. The van der Waals surface area contributed by atoms with Crippen LogP contribution < -0.4 is 10.6 Å². The van der Waals surface area contributed by atoms with Gasteiger partial charge in [0.25, 0.3) is 6.43 Å². The van der Waals surface area contributed by atoms with Gasteiger partial charge >= 0.3 is 6.09 Å². The lowest BCUT2D eigenvalue weighted by Crippen LogP contribution is -2.58. The maximum Gasteiger partial charge on any atom is 0.408 e. The summed E-state index contributed by atoms with van der Waals surface area (Å²) in [5.74, 6) is -1.44. The normalized spacial score (nSPS) is 19.3. The van der Waals surface area contributed by atoms with Crippen LogP contribution in [0.15, 0.2) is 36.5 Å². The number of rotatable bonds is 7. The van der Waals surface area contributed by atoms with E-state index in [1.165, 1.54) is 12.1 Å². The van der Waals surface area contributed by atoms with E-state index in [1.807, 2.05) is 0 Å². The number of β-amino-alcohol motifs (C(OH)–C–C–N with tert-alkyl or cyclic N) is 1. The molecule has 0 radical (unpaired) electrons. The van der Waals surface area contributed by atoms with Crippen LogP contribution in [0.5, 0.6) is 0 Å². The van der Waals surface area contributed by atoms with E-state index in [-0.39, 0.29) is 18.5 Å². The highest BCUT2D eigenvalue weighted by molar-refractivity contribution is 5.92. The fourth-order valence-corrected chi connectivity index (χ4v) is 4.61. The van der Waals surface area contributed by atoms with Gasteiger partial charge in [0.1, 0.15) is 23.7 Å². The van der Waals surface area contributed by atoms with Crippen molar-refractivity contribution in [1.82, 2.24) is 25.3 Å². The second-order valence-electron chi connectivity index (χ2n) is 12.1. The predicted octanol–water partition coefficient (Wildman–Crippen LogP) is 3.41. The fourth-order valence-electron chi connectivity index (χ4n) is 4.61. The lowest BCUT2D eigenvalue weighted by Gasteiger charge is -2.36. The van der Waals surface area contributed by atoms with E-state index in [0.29, 0.717) is 0 Å². The maximum absolute atomic E-state index is 14.1. The molecule has 3 N–H and O–H groups in total. The molecule has 0 saturated carbocycles. The number of aliphatic hydroxyl groups excluding tert-OH is 1. The molecule has 1 aromatic carbocycles. The summed E-state index contributed by atoms with van der Waals surface area (Å²) in [5, 5.41) is 19.4. The van der Waals surface area contributed by atoms with Crippen LogP contribution in [0.25, 0.3) is 11.3 Å². The van der Waals surface area contributed by atoms with Crippen molar-refractivity contribution in [3.63, 3.8) is 0 Å². The van der Waals surface area contributed by atoms with Gasteiger partial charge in [-0.2, -0.15) is 5.10 Å². The number of aromatic nitrogens is 2. The molecule has 0 unspecified atom stereocenters. The highest BCUT2D eigenvalue weighted by Crippen LogP contribution is 2.29. The average molecular weight is 564 g/mol. The molecule has 10 nitrogen and oxygen atoms in total. The Balaban J connectivity index is 1.80. The van der Waals surface area contributed by atoms with Crippen LogP contribution in [0.3, 0.4) is 0 Å². The second-order valence-corrected chi connectivity index (χ2v) is 12.1. The van der Waals surface area contributed by atoms with Crippen LogP contribution in [0.2, 0.25) is 0 Å². The Bertz CT molecular complexity index is 1200. The Kier molecular flexibility index (Phi) is 9.23. The summed E-state index contributed by atoms with van der Waals surface area (Å²) in [6.45, 7) is 10.1. The van der Waals surface area contributed by atoms with Gasteiger partial charge < -0.3 is 25.4 Å². The number of halogens is 2. The Morgan fingerprint density at radius 2 is 1.68 bits per heavy atom. The minimum absolute atomic E-state index is 0.129. The number of alkyl carbamates (subject to hydrolysis) is 1. The van der Waals surface area contributed by atoms with E-state index in [9.17, 15) is 28.3 Å². The molecule has 1 aliphatic rings. The van der Waals surface area contributed by atoms with E-state index in [4.69, 9.17) is 4.74 Å². The number of hydrogen-bond donors (Lipinski definition) is 3. The minimum Gasteiger partial charge on any atom is -0.444 e. The predicted molar refractivity (Wildman–Crippen MR) is 144 cm³/mol. The number of carbonyl (C=O) groups excluding carboxylic acids is 3. The van der Waals surface area contributed by atoms with Gasteiger partial charge in [0.2, 0.25) is 11.8 Å². The Labute approximate surface area is 233 Å². The van der Waals surface area contributed by atoms with E-state index in [2.05, 4.69) is 15.7 Å². The molecular weight excluding hydrogens is 524 g/mol. The van der Waals surface area contributed by atoms with E-state index < -0.39 is 59.6 Å². The van der Waals surface area contributed by atoms with Crippen LogP contribution in [0, 0.1) is 5.41 Å². The molecule has 220 valence electrons. The van der Waals surface area contributed by atoms with Crippen LogP contribution in [-0.2, 0) is 21.4 Å². The smallest absolute Gasteiger partial charge is 0.408 e. The molecule has 0 aliphatic carbocycles. The quantitative estimate of drug-likeness (QED) is 0.474. The van der Waals surface area contributed by atoms with E-state index in [1.54, 1.807) is 77.7 Å². The topological polar surface area (TPSA) is 126 Å². The van der Waals surface area contributed by atoms with Crippen molar-refractivity contribution < 1.29 is 33.0 Å². The average Bonchev–Trinajstić information content (AvgIpc) is 3.44. The minimum atomic E-state index is -2.93. The lowest BCUT2D eigenvalue weighted by atomic mass is 9.85. The first-order valence-corrected chi connectivity index (χ1v) is 13.1. The van der Waals surface area contributed by atoms with E-state index >= 15 is 0 Å². The molecule has 4 atom stereocenters.